The van der Waals surface area contributed by atoms with Gasteiger partial charge in [0.15, 0.2) is 9.84 Å². The minimum absolute atomic E-state index is 0.269. The van der Waals surface area contributed by atoms with Crippen LogP contribution in [0, 0.1) is 5.82 Å². The summed E-state index contributed by atoms with van der Waals surface area (Å²) in [4.78, 5) is 0.298. The van der Waals surface area contributed by atoms with Gasteiger partial charge < -0.3 is 0 Å². The molecule has 2 aromatic carbocycles. The first-order valence-electron chi connectivity index (χ1n) is 5.69. The highest BCUT2D eigenvalue weighted by Gasteiger charge is 2.04. The largest absolute Gasteiger partial charge is 0.224 e. The maximum absolute atomic E-state index is 12.7. The average Bonchev–Trinajstić information content (AvgIpc) is 2.37. The van der Waals surface area contributed by atoms with Crippen molar-refractivity contribution in [3.8, 4) is 0 Å². The first-order chi connectivity index (χ1) is 8.95. The topological polar surface area (TPSA) is 34.1 Å². The van der Waals surface area contributed by atoms with Crippen LogP contribution in [0.4, 0.5) is 4.39 Å². The maximum Gasteiger partial charge on any atom is 0.175 e. The molecule has 0 atom stereocenters. The SMILES string of the molecule is CS(=O)(=O)c1ccc(/C=C\c2ccc(F)cc2)cc1. The van der Waals surface area contributed by atoms with E-state index in [1.54, 1.807) is 36.4 Å². The van der Waals surface area contributed by atoms with Gasteiger partial charge in [-0.3, -0.25) is 0 Å². The van der Waals surface area contributed by atoms with Gasteiger partial charge in [0, 0.05) is 6.26 Å². The molecule has 0 unspecified atom stereocenters. The van der Waals surface area contributed by atoms with Gasteiger partial charge in [-0.15, -0.1) is 0 Å². The molecule has 2 aromatic rings. The zero-order valence-electron chi connectivity index (χ0n) is 10.4. The molecule has 0 amide bonds. The van der Waals surface area contributed by atoms with Crippen molar-refractivity contribution in [1.29, 1.82) is 0 Å². The Morgan fingerprint density at radius 1 is 0.842 bits per heavy atom. The van der Waals surface area contributed by atoms with E-state index in [1.807, 2.05) is 12.2 Å². The van der Waals surface area contributed by atoms with E-state index >= 15 is 0 Å². The number of hydrogen-bond acceptors (Lipinski definition) is 2. The van der Waals surface area contributed by atoms with E-state index in [2.05, 4.69) is 0 Å². The minimum Gasteiger partial charge on any atom is -0.224 e. The number of hydrogen-bond donors (Lipinski definition) is 0. The highest BCUT2D eigenvalue weighted by molar-refractivity contribution is 7.90. The van der Waals surface area contributed by atoms with Gasteiger partial charge in [0.25, 0.3) is 0 Å². The lowest BCUT2D eigenvalue weighted by Gasteiger charge is -1.99. The Balaban J connectivity index is 2.18. The lowest BCUT2D eigenvalue weighted by molar-refractivity contribution is 0.602. The van der Waals surface area contributed by atoms with Crippen LogP contribution in [0.25, 0.3) is 12.2 Å². The molecule has 0 saturated carbocycles. The molecule has 2 nitrogen and oxygen atoms in total. The van der Waals surface area contributed by atoms with Crippen LogP contribution in [0.3, 0.4) is 0 Å². The molecule has 0 saturated heterocycles. The summed E-state index contributed by atoms with van der Waals surface area (Å²) in [5.74, 6) is -0.269. The summed E-state index contributed by atoms with van der Waals surface area (Å²) < 4.78 is 35.3. The summed E-state index contributed by atoms with van der Waals surface area (Å²) in [5, 5.41) is 0. The van der Waals surface area contributed by atoms with Crippen molar-refractivity contribution in [2.24, 2.45) is 0 Å². The van der Waals surface area contributed by atoms with E-state index in [4.69, 9.17) is 0 Å². The molecule has 0 heterocycles. The third-order valence-electron chi connectivity index (χ3n) is 2.65. The van der Waals surface area contributed by atoms with E-state index in [1.165, 1.54) is 18.4 Å². The van der Waals surface area contributed by atoms with E-state index in [0.717, 1.165) is 11.1 Å². The fourth-order valence-electron chi connectivity index (χ4n) is 1.59. The third kappa shape index (κ3) is 3.76. The summed E-state index contributed by atoms with van der Waals surface area (Å²) in [5.41, 5.74) is 1.77. The highest BCUT2D eigenvalue weighted by Crippen LogP contribution is 2.13. The van der Waals surface area contributed by atoms with Gasteiger partial charge in [0.1, 0.15) is 5.82 Å². The van der Waals surface area contributed by atoms with Crippen LogP contribution in [0.15, 0.2) is 53.4 Å². The Morgan fingerprint density at radius 3 is 1.68 bits per heavy atom. The number of rotatable bonds is 3. The van der Waals surface area contributed by atoms with Crippen molar-refractivity contribution in [1.82, 2.24) is 0 Å². The van der Waals surface area contributed by atoms with Gasteiger partial charge in [-0.25, -0.2) is 12.8 Å². The molecule has 98 valence electrons. The number of halogens is 1. The van der Waals surface area contributed by atoms with Crippen LogP contribution >= 0.6 is 0 Å². The van der Waals surface area contributed by atoms with Crippen LogP contribution in [0.5, 0.6) is 0 Å². The van der Waals surface area contributed by atoms with Crippen molar-refractivity contribution in [3.05, 3.63) is 65.5 Å². The van der Waals surface area contributed by atoms with E-state index in [9.17, 15) is 12.8 Å². The first-order valence-corrected chi connectivity index (χ1v) is 7.58. The molecule has 0 fully saturated rings. The molecule has 0 bridgehead atoms. The molecule has 4 heteroatoms. The van der Waals surface area contributed by atoms with Crippen molar-refractivity contribution in [2.75, 3.05) is 6.26 Å². The quantitative estimate of drug-likeness (QED) is 0.805. The molecule has 0 aromatic heterocycles. The van der Waals surface area contributed by atoms with Gasteiger partial charge in [-0.2, -0.15) is 0 Å². The van der Waals surface area contributed by atoms with Crippen molar-refractivity contribution >= 4 is 22.0 Å². The number of sulfone groups is 1. The van der Waals surface area contributed by atoms with E-state index in [-0.39, 0.29) is 5.82 Å². The normalized spacial score (nSPS) is 11.9. The van der Waals surface area contributed by atoms with Gasteiger partial charge in [-0.1, -0.05) is 36.4 Å². The lowest BCUT2D eigenvalue weighted by Crippen LogP contribution is -1.95. The predicted molar refractivity (Wildman–Crippen MR) is 74.9 cm³/mol. The molecule has 0 aliphatic carbocycles. The van der Waals surface area contributed by atoms with Gasteiger partial charge in [0.05, 0.1) is 4.90 Å². The molecule has 19 heavy (non-hydrogen) atoms. The van der Waals surface area contributed by atoms with E-state index < -0.39 is 9.84 Å². The molecule has 0 radical (unpaired) electrons. The van der Waals surface area contributed by atoms with Crippen LogP contribution < -0.4 is 0 Å². The van der Waals surface area contributed by atoms with Crippen molar-refractivity contribution in [2.45, 2.75) is 4.90 Å². The zero-order valence-corrected chi connectivity index (χ0v) is 11.2. The standard InChI is InChI=1S/C15H13FO2S/c1-19(17,18)15-10-6-13(7-11-15)3-2-12-4-8-14(16)9-5-12/h2-11H,1H3/b3-2-. The summed E-state index contributed by atoms with van der Waals surface area (Å²) in [6, 6.07) is 12.7. The molecule has 0 aliphatic heterocycles. The zero-order chi connectivity index (χ0) is 13.9. The Labute approximate surface area is 112 Å². The Bertz CT molecular complexity index is 684. The molecular formula is C15H13FO2S. The summed E-state index contributed by atoms with van der Waals surface area (Å²) in [7, 11) is -3.16. The van der Waals surface area contributed by atoms with Gasteiger partial charge >= 0.3 is 0 Å². The van der Waals surface area contributed by atoms with Gasteiger partial charge in [-0.05, 0) is 35.4 Å². The summed E-state index contributed by atoms with van der Waals surface area (Å²) >= 11 is 0. The molecule has 0 N–H and O–H groups in total. The van der Waals surface area contributed by atoms with Crippen LogP contribution in [0.2, 0.25) is 0 Å². The maximum atomic E-state index is 12.7. The Kier molecular flexibility index (Phi) is 3.81. The second-order valence-corrected chi connectivity index (χ2v) is 6.24. The number of benzene rings is 2. The second-order valence-electron chi connectivity index (χ2n) is 4.23. The molecular weight excluding hydrogens is 263 g/mol. The Hall–Kier alpha value is -1.94. The average molecular weight is 276 g/mol. The Morgan fingerprint density at radius 2 is 1.26 bits per heavy atom. The van der Waals surface area contributed by atoms with Crippen LogP contribution in [-0.2, 0) is 9.84 Å². The summed E-state index contributed by atoms with van der Waals surface area (Å²) in [6.07, 6.45) is 4.87. The van der Waals surface area contributed by atoms with E-state index in [0.29, 0.717) is 4.90 Å². The summed E-state index contributed by atoms with van der Waals surface area (Å²) in [6.45, 7) is 0. The van der Waals surface area contributed by atoms with Crippen molar-refractivity contribution in [3.63, 3.8) is 0 Å². The molecule has 0 spiro atoms. The van der Waals surface area contributed by atoms with Crippen LogP contribution in [-0.4, -0.2) is 14.7 Å². The van der Waals surface area contributed by atoms with Crippen LogP contribution in [0.1, 0.15) is 11.1 Å². The minimum atomic E-state index is -3.16. The highest BCUT2D eigenvalue weighted by atomic mass is 32.2. The van der Waals surface area contributed by atoms with Gasteiger partial charge in [0.2, 0.25) is 0 Å². The van der Waals surface area contributed by atoms with Crippen molar-refractivity contribution < 1.29 is 12.8 Å². The molecule has 2 rings (SSSR count). The monoisotopic (exact) mass is 276 g/mol. The smallest absolute Gasteiger partial charge is 0.175 e. The predicted octanol–water partition coefficient (Wildman–Crippen LogP) is 3.40. The second kappa shape index (κ2) is 5.36. The fraction of sp³-hybridized carbons (Fsp3) is 0.0667. The lowest BCUT2D eigenvalue weighted by atomic mass is 10.1. The third-order valence-corrected chi connectivity index (χ3v) is 3.77. The first kappa shape index (κ1) is 13.5. The fourth-order valence-corrected chi connectivity index (χ4v) is 2.22. The molecule has 0 aliphatic rings.